The lowest BCUT2D eigenvalue weighted by Gasteiger charge is -2.37. The molecule has 0 saturated heterocycles. The molecule has 0 N–H and O–H groups in total. The maximum Gasteiger partial charge on any atom is 0.460 e. The van der Waals surface area contributed by atoms with Crippen LogP contribution in [0.5, 0.6) is 0 Å². The minimum atomic E-state index is -7.02. The largest absolute Gasteiger partial charge is 0.460 e. The van der Waals surface area contributed by atoms with Crippen molar-refractivity contribution in [3.05, 3.63) is 84.9 Å². The Bertz CT molecular complexity index is 1500. The first-order chi connectivity index (χ1) is 19.1. The molecule has 1 nitrogen and oxygen atoms in total. The van der Waals surface area contributed by atoms with Crippen molar-refractivity contribution in [3.63, 3.8) is 0 Å². The molecule has 4 aromatic rings. The van der Waals surface area contributed by atoms with Crippen LogP contribution in [-0.4, -0.2) is 34.0 Å². The Kier molecular flexibility index (Phi) is 8.83. The molecule has 0 heterocycles. The molecular formula is C29H23F9IOP. The zero-order chi connectivity index (χ0) is 30.3. The van der Waals surface area contributed by atoms with Gasteiger partial charge in [0.25, 0.3) is 0 Å². The molecule has 0 spiro atoms. The molecule has 12 heteroatoms. The highest BCUT2D eigenvalue weighted by molar-refractivity contribution is 14.1. The van der Waals surface area contributed by atoms with E-state index in [1.807, 2.05) is 22.6 Å². The first kappa shape index (κ1) is 31.7. The number of halogens is 10. The van der Waals surface area contributed by atoms with Crippen LogP contribution in [0.25, 0.3) is 21.5 Å². The number of hydrogen-bond donors (Lipinski definition) is 0. The van der Waals surface area contributed by atoms with E-state index in [0.717, 1.165) is 0 Å². The molecule has 41 heavy (non-hydrogen) atoms. The molecule has 220 valence electrons. The van der Waals surface area contributed by atoms with Crippen molar-refractivity contribution in [1.29, 1.82) is 0 Å². The van der Waals surface area contributed by atoms with Crippen molar-refractivity contribution in [1.82, 2.24) is 0 Å². The van der Waals surface area contributed by atoms with Crippen LogP contribution in [0.15, 0.2) is 84.9 Å². The van der Waals surface area contributed by atoms with E-state index >= 15 is 13.3 Å². The summed E-state index contributed by atoms with van der Waals surface area (Å²) in [6.45, 7) is 0. The van der Waals surface area contributed by atoms with E-state index in [9.17, 15) is 30.7 Å². The predicted octanol–water partition coefficient (Wildman–Crippen LogP) is 9.75. The zero-order valence-corrected chi connectivity index (χ0v) is 24.2. The van der Waals surface area contributed by atoms with Crippen LogP contribution >= 0.6 is 29.7 Å². The molecule has 0 saturated carbocycles. The zero-order valence-electron chi connectivity index (χ0n) is 21.1. The van der Waals surface area contributed by atoms with Gasteiger partial charge in [-0.25, -0.2) is 0 Å². The summed E-state index contributed by atoms with van der Waals surface area (Å²) in [5.41, 5.74) is -1.88. The van der Waals surface area contributed by atoms with Crippen molar-refractivity contribution in [2.24, 2.45) is 0 Å². The van der Waals surface area contributed by atoms with Gasteiger partial charge in [0.15, 0.2) is 0 Å². The van der Waals surface area contributed by atoms with Crippen LogP contribution < -0.4 is 10.6 Å². The van der Waals surface area contributed by atoms with E-state index < -0.39 is 43.2 Å². The fraction of sp³-hybridized carbons (Fsp3) is 0.310. The third kappa shape index (κ3) is 5.72. The van der Waals surface area contributed by atoms with Crippen molar-refractivity contribution in [2.75, 3.05) is 4.43 Å². The smallest absolute Gasteiger partial charge is 0.313 e. The van der Waals surface area contributed by atoms with Gasteiger partial charge in [0.2, 0.25) is 0 Å². The third-order valence-electron chi connectivity index (χ3n) is 7.12. The summed E-state index contributed by atoms with van der Waals surface area (Å²) in [5.74, 6) is -19.7. The summed E-state index contributed by atoms with van der Waals surface area (Å²) in [6.07, 6.45) is -9.39. The second-order valence-corrected chi connectivity index (χ2v) is 13.9. The molecule has 1 unspecified atom stereocenters. The van der Waals surface area contributed by atoms with E-state index in [4.69, 9.17) is 0 Å². The van der Waals surface area contributed by atoms with Gasteiger partial charge in [-0.15, -0.1) is 0 Å². The van der Waals surface area contributed by atoms with Gasteiger partial charge in [-0.1, -0.05) is 95.4 Å². The lowest BCUT2D eigenvalue weighted by atomic mass is 9.98. The molecule has 4 rings (SSSR count). The van der Waals surface area contributed by atoms with Crippen LogP contribution in [-0.2, 0) is 4.57 Å². The molecule has 4 aromatic carbocycles. The van der Waals surface area contributed by atoms with Crippen molar-refractivity contribution in [2.45, 2.75) is 48.9 Å². The minimum Gasteiger partial charge on any atom is -0.313 e. The van der Waals surface area contributed by atoms with Crippen LogP contribution in [0.4, 0.5) is 39.5 Å². The van der Waals surface area contributed by atoms with Crippen molar-refractivity contribution in [3.8, 4) is 0 Å². The highest BCUT2D eigenvalue weighted by Crippen LogP contribution is 2.59. The highest BCUT2D eigenvalue weighted by atomic mass is 127. The SMILES string of the molecule is O=P(c1ccc2ccccc2c1)(c1ccc2ccccc2c1)C(CCCI)CC(F)(F)C(F)(F)C(F)(F)C(F)(F)F. The second-order valence-electron chi connectivity index (χ2n) is 9.76. The topological polar surface area (TPSA) is 17.1 Å². The summed E-state index contributed by atoms with van der Waals surface area (Å²) in [4.78, 5) is 0. The molecule has 0 fully saturated rings. The molecule has 0 bridgehead atoms. The Morgan fingerprint density at radius 3 is 1.49 bits per heavy atom. The molecule has 0 aliphatic heterocycles. The van der Waals surface area contributed by atoms with Crippen LogP contribution in [0.3, 0.4) is 0 Å². The molecule has 0 aliphatic rings. The Morgan fingerprint density at radius 1 is 0.634 bits per heavy atom. The first-order valence-electron chi connectivity index (χ1n) is 12.4. The van der Waals surface area contributed by atoms with Gasteiger partial charge in [-0.3, -0.25) is 0 Å². The van der Waals surface area contributed by atoms with Crippen LogP contribution in [0.2, 0.25) is 0 Å². The average Bonchev–Trinajstić information content (AvgIpc) is 2.93. The molecule has 1 atom stereocenters. The molecule has 0 aliphatic carbocycles. The van der Waals surface area contributed by atoms with Gasteiger partial charge in [0.1, 0.15) is 7.14 Å². The molecule has 0 aromatic heterocycles. The Labute approximate surface area is 243 Å². The normalized spacial score (nSPS) is 14.5. The minimum absolute atomic E-state index is 0.00615. The lowest BCUT2D eigenvalue weighted by molar-refractivity contribution is -0.396. The van der Waals surface area contributed by atoms with Gasteiger partial charge in [-0.2, -0.15) is 39.5 Å². The summed E-state index contributed by atoms with van der Waals surface area (Å²) in [6, 6.07) is 22.5. The number of alkyl halides is 10. The van der Waals surface area contributed by atoms with Gasteiger partial charge in [-0.05, 0) is 50.9 Å². The number of hydrogen-bond acceptors (Lipinski definition) is 1. The van der Waals surface area contributed by atoms with Crippen LogP contribution in [0.1, 0.15) is 19.3 Å². The second kappa shape index (κ2) is 11.4. The quantitative estimate of drug-likeness (QED) is 0.0692. The fourth-order valence-corrected chi connectivity index (χ4v) is 8.76. The molecule has 0 radical (unpaired) electrons. The summed E-state index contributed by atoms with van der Waals surface area (Å²) in [5, 5.41) is 2.52. The maximum absolute atomic E-state index is 15.2. The number of benzene rings is 4. The third-order valence-corrected chi connectivity index (χ3v) is 11.4. The van der Waals surface area contributed by atoms with E-state index in [1.54, 1.807) is 60.7 Å². The highest BCUT2D eigenvalue weighted by Gasteiger charge is 2.81. The van der Waals surface area contributed by atoms with Gasteiger partial charge >= 0.3 is 23.9 Å². The van der Waals surface area contributed by atoms with Gasteiger partial charge < -0.3 is 4.57 Å². The summed E-state index contributed by atoms with van der Waals surface area (Å²) >= 11 is 1.88. The van der Waals surface area contributed by atoms with E-state index in [2.05, 4.69) is 0 Å². The van der Waals surface area contributed by atoms with Crippen LogP contribution in [0, 0.1) is 0 Å². The Morgan fingerprint density at radius 2 is 1.07 bits per heavy atom. The monoisotopic (exact) mass is 716 g/mol. The number of fused-ring (bicyclic) bond motifs is 2. The lowest BCUT2D eigenvalue weighted by Crippen LogP contribution is -2.61. The van der Waals surface area contributed by atoms with E-state index in [1.165, 1.54) is 24.3 Å². The van der Waals surface area contributed by atoms with Gasteiger partial charge in [0.05, 0.1) is 0 Å². The summed E-state index contributed by atoms with van der Waals surface area (Å²) in [7, 11) is -4.37. The standard InChI is InChI=1S/C29H23F9IOP/c30-26(31,27(32,33)28(34,35)29(36,37)38)18-25(10-5-15-39)41(40,23-13-11-19-6-1-3-8-21(19)16-23)24-14-12-20-7-2-4-9-22(20)17-24/h1-4,6-9,11-14,16-17,25H,5,10,15,18H2. The summed E-state index contributed by atoms with van der Waals surface area (Å²) < 4.78 is 141. The molecule has 0 amide bonds. The van der Waals surface area contributed by atoms with E-state index in [-0.39, 0.29) is 23.5 Å². The van der Waals surface area contributed by atoms with Crippen molar-refractivity contribution < 1.29 is 44.1 Å². The average molecular weight is 716 g/mol. The Hall–Kier alpha value is -2.27. The Balaban J connectivity index is 1.94. The van der Waals surface area contributed by atoms with Crippen molar-refractivity contribution >= 4 is 61.9 Å². The molecular weight excluding hydrogens is 693 g/mol. The van der Waals surface area contributed by atoms with E-state index in [0.29, 0.717) is 26.0 Å². The predicted molar refractivity (Wildman–Crippen MR) is 152 cm³/mol. The van der Waals surface area contributed by atoms with Gasteiger partial charge in [0, 0.05) is 22.7 Å². The number of rotatable bonds is 10. The first-order valence-corrected chi connectivity index (χ1v) is 15.7. The maximum atomic E-state index is 15.2. The fourth-order valence-electron chi connectivity index (χ4n) is 4.89.